The summed E-state index contributed by atoms with van der Waals surface area (Å²) in [4.78, 5) is 10.6. The number of cyclic esters (lactones) is 1. The van der Waals surface area contributed by atoms with E-state index in [1.165, 1.54) is 0 Å². The summed E-state index contributed by atoms with van der Waals surface area (Å²) in [7, 11) is 0. The maximum atomic E-state index is 12.0. The summed E-state index contributed by atoms with van der Waals surface area (Å²) in [5.74, 6) is -0.829. The summed E-state index contributed by atoms with van der Waals surface area (Å²) in [6, 6.07) is 0. The molecule has 1 rings (SSSR count). The Kier molecular flexibility index (Phi) is 2.01. The van der Waals surface area contributed by atoms with Crippen molar-refractivity contribution in [2.75, 3.05) is 0 Å². The molecule has 13 heavy (non-hydrogen) atoms. The second-order valence-corrected chi connectivity index (χ2v) is 3.04. The Morgan fingerprint density at radius 1 is 1.62 bits per heavy atom. The van der Waals surface area contributed by atoms with Crippen LogP contribution in [0.5, 0.6) is 0 Å². The summed E-state index contributed by atoms with van der Waals surface area (Å²) in [5, 5.41) is 0. The zero-order valence-electron chi connectivity index (χ0n) is 6.81. The number of rotatable bonds is 1. The molecule has 2 N–H and O–H groups in total. The smallest absolute Gasteiger partial charge is 0.393 e. The van der Waals surface area contributed by atoms with E-state index in [4.69, 9.17) is 5.73 Å². The number of halogens is 3. The highest BCUT2D eigenvalue weighted by Crippen LogP contribution is 2.35. The molecule has 74 valence electrons. The Morgan fingerprint density at radius 3 is 2.46 bits per heavy atom. The van der Waals surface area contributed by atoms with Crippen LogP contribution in [0.1, 0.15) is 13.3 Å². The van der Waals surface area contributed by atoms with Gasteiger partial charge in [0.2, 0.25) is 0 Å². The first-order valence-corrected chi connectivity index (χ1v) is 3.50. The van der Waals surface area contributed by atoms with E-state index in [2.05, 4.69) is 4.74 Å². The predicted molar refractivity (Wildman–Crippen MR) is 37.4 cm³/mol. The third-order valence-electron chi connectivity index (χ3n) is 1.75. The molecule has 0 aromatic rings. The van der Waals surface area contributed by atoms with Gasteiger partial charge in [-0.2, -0.15) is 13.2 Å². The van der Waals surface area contributed by atoms with Crippen LogP contribution < -0.4 is 5.73 Å². The third-order valence-corrected chi connectivity index (χ3v) is 1.75. The van der Waals surface area contributed by atoms with Gasteiger partial charge < -0.3 is 10.5 Å². The molecule has 1 unspecified atom stereocenters. The van der Waals surface area contributed by atoms with Gasteiger partial charge in [-0.05, 0) is 6.92 Å². The third kappa shape index (κ3) is 2.13. The highest BCUT2D eigenvalue weighted by molar-refractivity contribution is 5.86. The lowest BCUT2D eigenvalue weighted by atomic mass is 9.99. The molecule has 0 radical (unpaired) electrons. The predicted octanol–water partition coefficient (Wildman–Crippen LogP) is 1.10. The van der Waals surface area contributed by atoms with Gasteiger partial charge in [-0.25, -0.2) is 4.79 Å². The second kappa shape index (κ2) is 2.65. The van der Waals surface area contributed by atoms with Crippen LogP contribution in [0.3, 0.4) is 0 Å². The van der Waals surface area contributed by atoms with Crippen molar-refractivity contribution >= 4 is 5.97 Å². The zero-order chi connectivity index (χ0) is 10.3. The Morgan fingerprint density at radius 2 is 2.15 bits per heavy atom. The van der Waals surface area contributed by atoms with Gasteiger partial charge in [-0.3, -0.25) is 0 Å². The normalized spacial score (nSPS) is 28.6. The summed E-state index contributed by atoms with van der Waals surface area (Å²) < 4.78 is 40.4. The fourth-order valence-corrected chi connectivity index (χ4v) is 1.11. The van der Waals surface area contributed by atoms with Crippen molar-refractivity contribution in [3.63, 3.8) is 0 Å². The van der Waals surface area contributed by atoms with E-state index in [0.29, 0.717) is 0 Å². The standard InChI is InChI=1S/C7H8F3NO2/c1-6(3-7(8,9)10)4(11)2-5(12)13-6/h2H,3,11H2,1H3. The molecule has 0 aliphatic carbocycles. The second-order valence-electron chi connectivity index (χ2n) is 3.04. The van der Waals surface area contributed by atoms with E-state index in [-0.39, 0.29) is 5.70 Å². The number of carbonyl (C=O) groups is 1. The van der Waals surface area contributed by atoms with Crippen LogP contribution in [0.4, 0.5) is 13.2 Å². The fraction of sp³-hybridized carbons (Fsp3) is 0.571. The van der Waals surface area contributed by atoms with Gasteiger partial charge in [0.1, 0.15) is 0 Å². The lowest BCUT2D eigenvalue weighted by Gasteiger charge is -2.25. The average molecular weight is 195 g/mol. The summed E-state index contributed by atoms with van der Waals surface area (Å²) in [6.45, 7) is 1.14. The van der Waals surface area contributed by atoms with Crippen molar-refractivity contribution in [3.05, 3.63) is 11.8 Å². The maximum absolute atomic E-state index is 12.0. The van der Waals surface area contributed by atoms with E-state index in [0.717, 1.165) is 13.0 Å². The molecule has 1 atom stereocenters. The average Bonchev–Trinajstić information content (AvgIpc) is 2.00. The molecular formula is C7H8F3NO2. The SMILES string of the molecule is CC1(CC(F)(F)F)OC(=O)C=C1N. The van der Waals surface area contributed by atoms with Gasteiger partial charge in [-0.15, -0.1) is 0 Å². The zero-order valence-corrected chi connectivity index (χ0v) is 6.81. The summed E-state index contributed by atoms with van der Waals surface area (Å²) in [6.07, 6.45) is -4.79. The lowest BCUT2D eigenvalue weighted by Crippen LogP contribution is -2.37. The Balaban J connectivity index is 2.80. The number of esters is 1. The van der Waals surface area contributed by atoms with Crippen molar-refractivity contribution in [1.82, 2.24) is 0 Å². The molecule has 0 saturated heterocycles. The molecule has 3 nitrogen and oxygen atoms in total. The van der Waals surface area contributed by atoms with Crippen LogP contribution in [-0.2, 0) is 9.53 Å². The Bertz CT molecular complexity index is 271. The maximum Gasteiger partial charge on any atom is 0.393 e. The minimum Gasteiger partial charge on any atom is -0.449 e. The van der Waals surface area contributed by atoms with E-state index >= 15 is 0 Å². The molecule has 6 heteroatoms. The summed E-state index contributed by atoms with van der Waals surface area (Å²) in [5.41, 5.74) is 3.31. The largest absolute Gasteiger partial charge is 0.449 e. The number of alkyl halides is 3. The highest BCUT2D eigenvalue weighted by Gasteiger charge is 2.46. The van der Waals surface area contributed by atoms with Gasteiger partial charge in [0.05, 0.1) is 12.1 Å². The number of hydrogen-bond donors (Lipinski definition) is 1. The quantitative estimate of drug-likeness (QED) is 0.637. The van der Waals surface area contributed by atoms with Gasteiger partial charge in [0, 0.05) is 6.08 Å². The van der Waals surface area contributed by atoms with E-state index in [9.17, 15) is 18.0 Å². The first-order chi connectivity index (χ1) is 5.73. The minimum absolute atomic E-state index is 0.185. The molecular weight excluding hydrogens is 187 g/mol. The molecule has 1 heterocycles. The molecule has 0 amide bonds. The van der Waals surface area contributed by atoms with Gasteiger partial charge in [0.15, 0.2) is 5.60 Å². The Hall–Kier alpha value is -1.20. The number of ether oxygens (including phenoxy) is 1. The molecule has 1 aliphatic rings. The van der Waals surface area contributed by atoms with Gasteiger partial charge in [-0.1, -0.05) is 0 Å². The van der Waals surface area contributed by atoms with Crippen molar-refractivity contribution in [1.29, 1.82) is 0 Å². The van der Waals surface area contributed by atoms with Crippen LogP contribution in [0.25, 0.3) is 0 Å². The first-order valence-electron chi connectivity index (χ1n) is 3.50. The molecule has 0 bridgehead atoms. The van der Waals surface area contributed by atoms with Crippen molar-refractivity contribution in [3.8, 4) is 0 Å². The molecule has 0 fully saturated rings. The minimum atomic E-state index is -4.40. The van der Waals surface area contributed by atoms with Crippen molar-refractivity contribution in [2.24, 2.45) is 5.73 Å². The van der Waals surface area contributed by atoms with Gasteiger partial charge in [0.25, 0.3) is 0 Å². The highest BCUT2D eigenvalue weighted by atomic mass is 19.4. The first kappa shape index (κ1) is 9.88. The van der Waals surface area contributed by atoms with Crippen LogP contribution in [0, 0.1) is 0 Å². The van der Waals surface area contributed by atoms with E-state index in [1.807, 2.05) is 0 Å². The topological polar surface area (TPSA) is 52.3 Å². The van der Waals surface area contributed by atoms with Crippen LogP contribution in [0.15, 0.2) is 11.8 Å². The molecule has 0 saturated carbocycles. The van der Waals surface area contributed by atoms with Crippen molar-refractivity contribution < 1.29 is 22.7 Å². The lowest BCUT2D eigenvalue weighted by molar-refractivity contribution is -0.178. The number of carbonyl (C=O) groups excluding carboxylic acids is 1. The van der Waals surface area contributed by atoms with Gasteiger partial charge >= 0.3 is 12.1 Å². The fourth-order valence-electron chi connectivity index (χ4n) is 1.11. The van der Waals surface area contributed by atoms with Crippen molar-refractivity contribution in [2.45, 2.75) is 25.1 Å². The van der Waals surface area contributed by atoms with E-state index < -0.39 is 24.2 Å². The molecule has 0 aromatic carbocycles. The molecule has 1 aliphatic heterocycles. The monoisotopic (exact) mass is 195 g/mol. The number of hydrogen-bond acceptors (Lipinski definition) is 3. The Labute approximate surface area is 72.3 Å². The van der Waals surface area contributed by atoms with Crippen LogP contribution in [0.2, 0.25) is 0 Å². The molecule has 0 aromatic heterocycles. The molecule has 0 spiro atoms. The van der Waals surface area contributed by atoms with Crippen LogP contribution >= 0.6 is 0 Å². The number of nitrogens with two attached hydrogens (primary N) is 1. The van der Waals surface area contributed by atoms with Crippen LogP contribution in [-0.4, -0.2) is 17.7 Å². The summed E-state index contributed by atoms with van der Waals surface area (Å²) >= 11 is 0. The van der Waals surface area contributed by atoms with E-state index in [1.54, 1.807) is 0 Å².